The minimum Gasteiger partial charge on any atom is -0.504 e. The first-order valence-corrected chi connectivity index (χ1v) is 6.07. The van der Waals surface area contributed by atoms with Crippen LogP contribution in [0.5, 0.6) is 11.5 Å². The maximum atomic E-state index is 11.2. The lowest BCUT2D eigenvalue weighted by Crippen LogP contribution is -2.38. The van der Waals surface area contributed by atoms with Crippen LogP contribution in [0, 0.1) is 0 Å². The monoisotopic (exact) mass is 267 g/mol. The number of nitrogens with one attached hydrogen (secondary N) is 2. The van der Waals surface area contributed by atoms with Crippen LogP contribution < -0.4 is 15.4 Å². The second-order valence-electron chi connectivity index (χ2n) is 4.27. The molecule has 1 aromatic rings. The van der Waals surface area contributed by atoms with Crippen molar-refractivity contribution in [1.29, 1.82) is 0 Å². The van der Waals surface area contributed by atoms with Gasteiger partial charge < -0.3 is 25.4 Å². The van der Waals surface area contributed by atoms with Gasteiger partial charge in [-0.25, -0.2) is 4.79 Å². The highest BCUT2D eigenvalue weighted by Gasteiger charge is 2.06. The summed E-state index contributed by atoms with van der Waals surface area (Å²) < 4.78 is 5.03. The third-order valence-electron chi connectivity index (χ3n) is 2.60. The fourth-order valence-corrected chi connectivity index (χ4v) is 1.51. The van der Waals surface area contributed by atoms with Crippen molar-refractivity contribution in [2.75, 3.05) is 34.3 Å². The van der Waals surface area contributed by atoms with E-state index in [1.165, 1.54) is 12.0 Å². The number of aromatic hydroxyl groups is 1. The quantitative estimate of drug-likeness (QED) is 0.665. The Labute approximate surface area is 113 Å². The number of para-hydroxylation sites is 1. The van der Waals surface area contributed by atoms with Gasteiger partial charge in [0.05, 0.1) is 7.11 Å². The number of ether oxygens (including phenoxy) is 1. The van der Waals surface area contributed by atoms with E-state index >= 15 is 0 Å². The molecule has 0 spiro atoms. The molecular weight excluding hydrogens is 246 g/mol. The number of phenolic OH excluding ortho intramolecular Hbond substituents is 1. The second-order valence-corrected chi connectivity index (χ2v) is 4.27. The molecule has 0 saturated carbocycles. The van der Waals surface area contributed by atoms with Gasteiger partial charge in [0.2, 0.25) is 0 Å². The number of urea groups is 1. The average molecular weight is 267 g/mol. The van der Waals surface area contributed by atoms with Gasteiger partial charge in [-0.2, -0.15) is 0 Å². The molecule has 6 heteroatoms. The lowest BCUT2D eigenvalue weighted by molar-refractivity contribution is 0.217. The molecule has 19 heavy (non-hydrogen) atoms. The van der Waals surface area contributed by atoms with Crippen LogP contribution in [0.4, 0.5) is 4.79 Å². The van der Waals surface area contributed by atoms with E-state index in [4.69, 9.17) is 4.74 Å². The number of hydrogen-bond acceptors (Lipinski definition) is 4. The summed E-state index contributed by atoms with van der Waals surface area (Å²) in [5, 5.41) is 15.7. The average Bonchev–Trinajstić information content (AvgIpc) is 2.39. The predicted molar refractivity (Wildman–Crippen MR) is 73.5 cm³/mol. The van der Waals surface area contributed by atoms with Crippen LogP contribution in [0.15, 0.2) is 18.2 Å². The van der Waals surface area contributed by atoms with Gasteiger partial charge in [0.1, 0.15) is 0 Å². The van der Waals surface area contributed by atoms with Crippen molar-refractivity contribution in [3.63, 3.8) is 0 Å². The minimum atomic E-state index is -0.119. The van der Waals surface area contributed by atoms with E-state index in [1.54, 1.807) is 20.2 Å². The molecule has 106 valence electrons. The molecule has 0 saturated heterocycles. The van der Waals surface area contributed by atoms with Crippen LogP contribution in [0.3, 0.4) is 0 Å². The SMILES string of the molecule is COc1cccc(CNCCNC(=O)N(C)C)c1O. The number of methoxy groups -OCH3 is 1. The molecule has 1 rings (SSSR count). The van der Waals surface area contributed by atoms with Crippen molar-refractivity contribution in [3.05, 3.63) is 23.8 Å². The summed E-state index contributed by atoms with van der Waals surface area (Å²) in [4.78, 5) is 12.7. The Bertz CT molecular complexity index is 422. The van der Waals surface area contributed by atoms with Crippen molar-refractivity contribution in [2.24, 2.45) is 0 Å². The number of rotatable bonds is 6. The first kappa shape index (κ1) is 15.1. The molecule has 1 aromatic carbocycles. The van der Waals surface area contributed by atoms with E-state index in [0.29, 0.717) is 25.4 Å². The highest BCUT2D eigenvalue weighted by Crippen LogP contribution is 2.28. The zero-order chi connectivity index (χ0) is 14.3. The molecule has 6 nitrogen and oxygen atoms in total. The molecule has 0 aliphatic rings. The molecule has 0 bridgehead atoms. The second kappa shape index (κ2) is 7.48. The molecule has 0 unspecified atom stereocenters. The molecule has 0 radical (unpaired) electrons. The fraction of sp³-hybridized carbons (Fsp3) is 0.462. The van der Waals surface area contributed by atoms with Gasteiger partial charge in [-0.3, -0.25) is 0 Å². The Morgan fingerprint density at radius 3 is 2.74 bits per heavy atom. The van der Waals surface area contributed by atoms with Crippen molar-refractivity contribution < 1.29 is 14.6 Å². The summed E-state index contributed by atoms with van der Waals surface area (Å²) in [6, 6.07) is 5.23. The van der Waals surface area contributed by atoms with Gasteiger partial charge in [0.15, 0.2) is 11.5 Å². The minimum absolute atomic E-state index is 0.119. The van der Waals surface area contributed by atoms with E-state index in [2.05, 4.69) is 10.6 Å². The molecule has 0 aliphatic carbocycles. The lowest BCUT2D eigenvalue weighted by Gasteiger charge is -2.13. The Hall–Kier alpha value is -1.95. The summed E-state index contributed by atoms with van der Waals surface area (Å²) in [6.45, 7) is 1.67. The smallest absolute Gasteiger partial charge is 0.316 e. The Balaban J connectivity index is 2.32. The molecule has 0 aliphatic heterocycles. The van der Waals surface area contributed by atoms with Gasteiger partial charge >= 0.3 is 6.03 Å². The summed E-state index contributed by atoms with van der Waals surface area (Å²) >= 11 is 0. The number of nitrogens with zero attached hydrogens (tertiary/aromatic N) is 1. The Morgan fingerprint density at radius 1 is 1.37 bits per heavy atom. The van der Waals surface area contributed by atoms with Crippen LogP contribution in [0.1, 0.15) is 5.56 Å². The molecule has 0 aromatic heterocycles. The molecule has 0 atom stereocenters. The van der Waals surface area contributed by atoms with Crippen LogP contribution in [-0.2, 0) is 6.54 Å². The molecule has 3 N–H and O–H groups in total. The summed E-state index contributed by atoms with van der Waals surface area (Å²) in [6.07, 6.45) is 0. The number of phenols is 1. The van der Waals surface area contributed by atoms with E-state index in [0.717, 1.165) is 5.56 Å². The topological polar surface area (TPSA) is 73.8 Å². The highest BCUT2D eigenvalue weighted by atomic mass is 16.5. The molecular formula is C13H21N3O3. The zero-order valence-corrected chi connectivity index (χ0v) is 11.6. The van der Waals surface area contributed by atoms with Crippen molar-refractivity contribution in [1.82, 2.24) is 15.5 Å². The number of carbonyl (C=O) groups is 1. The van der Waals surface area contributed by atoms with E-state index in [9.17, 15) is 9.90 Å². The Kier molecular flexibility index (Phi) is 5.95. The number of hydrogen-bond donors (Lipinski definition) is 3. The van der Waals surface area contributed by atoms with Crippen molar-refractivity contribution in [3.8, 4) is 11.5 Å². The van der Waals surface area contributed by atoms with Gasteiger partial charge in [-0.15, -0.1) is 0 Å². The predicted octanol–water partition coefficient (Wildman–Crippen LogP) is 0.762. The lowest BCUT2D eigenvalue weighted by atomic mass is 10.2. The third-order valence-corrected chi connectivity index (χ3v) is 2.60. The van der Waals surface area contributed by atoms with Gasteiger partial charge in [-0.05, 0) is 6.07 Å². The van der Waals surface area contributed by atoms with Gasteiger partial charge in [0, 0.05) is 39.3 Å². The third kappa shape index (κ3) is 4.67. The van der Waals surface area contributed by atoms with Crippen molar-refractivity contribution in [2.45, 2.75) is 6.54 Å². The van der Waals surface area contributed by atoms with Crippen LogP contribution >= 0.6 is 0 Å². The van der Waals surface area contributed by atoms with Gasteiger partial charge in [-0.1, -0.05) is 12.1 Å². The highest BCUT2D eigenvalue weighted by molar-refractivity contribution is 5.73. The summed E-state index contributed by atoms with van der Waals surface area (Å²) in [7, 11) is 4.90. The zero-order valence-electron chi connectivity index (χ0n) is 11.6. The summed E-state index contributed by atoms with van der Waals surface area (Å²) in [5.41, 5.74) is 0.762. The number of carbonyl (C=O) groups excluding carboxylic acids is 1. The first-order chi connectivity index (χ1) is 9.06. The Morgan fingerprint density at radius 2 is 2.11 bits per heavy atom. The van der Waals surface area contributed by atoms with Crippen molar-refractivity contribution >= 4 is 6.03 Å². The maximum Gasteiger partial charge on any atom is 0.316 e. The normalized spacial score (nSPS) is 10.1. The molecule has 0 heterocycles. The van der Waals surface area contributed by atoms with E-state index in [-0.39, 0.29) is 11.8 Å². The first-order valence-electron chi connectivity index (χ1n) is 6.07. The molecule has 2 amide bonds. The largest absolute Gasteiger partial charge is 0.504 e. The molecule has 0 fully saturated rings. The summed E-state index contributed by atoms with van der Waals surface area (Å²) in [5.74, 6) is 0.607. The van der Waals surface area contributed by atoms with Crippen LogP contribution in [-0.4, -0.2) is 50.3 Å². The van der Waals surface area contributed by atoms with Crippen LogP contribution in [0.2, 0.25) is 0 Å². The van der Waals surface area contributed by atoms with E-state index in [1.807, 2.05) is 12.1 Å². The number of amides is 2. The van der Waals surface area contributed by atoms with Gasteiger partial charge in [0.25, 0.3) is 0 Å². The fourth-order valence-electron chi connectivity index (χ4n) is 1.51. The van der Waals surface area contributed by atoms with E-state index < -0.39 is 0 Å². The number of benzene rings is 1. The maximum absolute atomic E-state index is 11.2. The van der Waals surface area contributed by atoms with Crippen LogP contribution in [0.25, 0.3) is 0 Å². The standard InChI is InChI=1S/C13H21N3O3/c1-16(2)13(18)15-8-7-14-9-10-5-4-6-11(19-3)12(10)17/h4-6,14,17H,7-9H2,1-3H3,(H,15,18).